The highest BCUT2D eigenvalue weighted by Gasteiger charge is 2.20. The zero-order valence-electron chi connectivity index (χ0n) is 20.4. The number of anilines is 1. The van der Waals surface area contributed by atoms with E-state index in [1.807, 2.05) is 18.0 Å². The Morgan fingerprint density at radius 1 is 1.31 bits per heavy atom. The van der Waals surface area contributed by atoms with Gasteiger partial charge in [0, 0.05) is 44.1 Å². The molecule has 0 bridgehead atoms. The summed E-state index contributed by atoms with van der Waals surface area (Å²) in [6, 6.07) is 4.03. The summed E-state index contributed by atoms with van der Waals surface area (Å²) in [5.74, 6) is 0.382. The predicted molar refractivity (Wildman–Crippen MR) is 133 cm³/mol. The van der Waals surface area contributed by atoms with E-state index in [1.165, 1.54) is 18.3 Å². The molecule has 0 amide bonds. The highest BCUT2D eigenvalue weighted by Crippen LogP contribution is 2.26. The number of hydrogen-bond acceptors (Lipinski definition) is 8. The smallest absolute Gasteiger partial charge is 0.229 e. The number of nitrogens with zero attached hydrogens (tertiary/aromatic N) is 3. The maximum Gasteiger partial charge on any atom is 0.229 e. The molecule has 1 aliphatic heterocycles. The van der Waals surface area contributed by atoms with Gasteiger partial charge in [-0.3, -0.25) is 0 Å². The lowest BCUT2D eigenvalue weighted by Crippen LogP contribution is -2.27. The first-order valence-corrected chi connectivity index (χ1v) is 13.4. The first-order valence-electron chi connectivity index (χ1n) is 11.6. The minimum Gasteiger partial charge on any atom is -0.377 e. The Morgan fingerprint density at radius 2 is 2.06 bits per heavy atom. The zero-order valence-corrected chi connectivity index (χ0v) is 21.2. The number of hydrogen-bond donors (Lipinski definition) is 1. The lowest BCUT2D eigenvalue weighted by molar-refractivity contribution is 0.0821. The molecular weight excluding hydrogens is 471 g/mol. The Kier molecular flexibility index (Phi) is 9.47. The Hall–Kier alpha value is -2.69. The quantitative estimate of drug-likeness (QED) is 0.429. The van der Waals surface area contributed by atoms with Gasteiger partial charge in [0.15, 0.2) is 9.84 Å². The number of aromatic nitrogens is 2. The van der Waals surface area contributed by atoms with Crippen LogP contribution in [-0.2, 0) is 25.9 Å². The number of sulfone groups is 1. The van der Waals surface area contributed by atoms with E-state index in [2.05, 4.69) is 16.0 Å². The predicted octanol–water partition coefficient (Wildman–Crippen LogP) is 4.33. The summed E-state index contributed by atoms with van der Waals surface area (Å²) in [4.78, 5) is 10.6. The molecule has 2 aromatic rings. The second-order valence-electron chi connectivity index (χ2n) is 8.87. The second kappa shape index (κ2) is 12.3. The first-order chi connectivity index (χ1) is 16.7. The van der Waals surface area contributed by atoms with Crippen LogP contribution in [-0.4, -0.2) is 51.1 Å². The van der Waals surface area contributed by atoms with E-state index in [0.717, 1.165) is 31.2 Å². The van der Waals surface area contributed by atoms with Crippen LogP contribution in [0.4, 0.5) is 10.3 Å². The van der Waals surface area contributed by atoms with Gasteiger partial charge in [0.05, 0.1) is 19.3 Å². The van der Waals surface area contributed by atoms with Gasteiger partial charge in [0.25, 0.3) is 0 Å². The fourth-order valence-corrected chi connectivity index (χ4v) is 4.72. The van der Waals surface area contributed by atoms with Crippen LogP contribution in [0, 0.1) is 23.1 Å². The summed E-state index contributed by atoms with van der Waals surface area (Å²) in [5.41, 5.74) is 1.50. The summed E-state index contributed by atoms with van der Waals surface area (Å²) < 4.78 is 48.3. The van der Waals surface area contributed by atoms with Crippen LogP contribution < -0.4 is 4.90 Å². The molecule has 1 aromatic carbocycles. The van der Waals surface area contributed by atoms with Crippen molar-refractivity contribution in [2.45, 2.75) is 43.8 Å². The largest absolute Gasteiger partial charge is 0.377 e. The van der Waals surface area contributed by atoms with E-state index in [0.29, 0.717) is 30.5 Å². The van der Waals surface area contributed by atoms with Crippen LogP contribution in [0.2, 0.25) is 0 Å². The van der Waals surface area contributed by atoms with E-state index in [1.54, 1.807) is 25.6 Å². The van der Waals surface area contributed by atoms with Gasteiger partial charge in [-0.1, -0.05) is 12.1 Å². The molecule has 8 nitrogen and oxygen atoms in total. The third-order valence-electron chi connectivity index (χ3n) is 6.12. The zero-order chi connectivity index (χ0) is 25.4. The normalized spacial score (nSPS) is 17.8. The van der Waals surface area contributed by atoms with Crippen LogP contribution in [0.1, 0.15) is 43.4 Å². The molecule has 0 fully saturated rings. The minimum atomic E-state index is -3.60. The summed E-state index contributed by atoms with van der Waals surface area (Å²) in [7, 11) is -1.95. The van der Waals surface area contributed by atoms with Gasteiger partial charge in [-0.05, 0) is 61.9 Å². The molecule has 1 aromatic heterocycles. The van der Waals surface area contributed by atoms with Crippen molar-refractivity contribution in [2.75, 3.05) is 31.4 Å². The van der Waals surface area contributed by atoms with Gasteiger partial charge >= 0.3 is 0 Å². The third kappa shape index (κ3) is 7.65. The maximum absolute atomic E-state index is 14.1. The number of benzene rings is 1. The Bertz CT molecular complexity index is 1120. The molecule has 35 heavy (non-hydrogen) atoms. The maximum atomic E-state index is 14.1. The number of allylic oxidation sites excluding steroid dienone is 1. The van der Waals surface area contributed by atoms with Crippen LogP contribution in [0.3, 0.4) is 0 Å². The molecule has 190 valence electrons. The number of nitrogens with one attached hydrogen (secondary N) is 1. The van der Waals surface area contributed by atoms with E-state index >= 15 is 0 Å². The first kappa shape index (κ1) is 26.9. The molecular formula is C25H33FN4O4S. The molecule has 0 aliphatic carbocycles. The average Bonchev–Trinajstić information content (AvgIpc) is 2.83. The fourth-order valence-electron chi connectivity index (χ4n) is 4.00. The summed E-state index contributed by atoms with van der Waals surface area (Å²) in [5, 5.41) is 7.53. The number of halogens is 1. The standard InChI is InChI=1S/C25H33FN4O4S/c1-18(33-2)22-14-28-25(29-15-22)30-10-7-19(8-11-30)12-21(6-9-27)17-34-16-20-4-5-24(23(26)13-20)35(3,31)32/h4-5,7,9-10,13-15,18-19,21,27H,6,8,11-12,16-17H2,1-3H3/t18?,19?,21-/m1/s1. The molecule has 3 atom stereocenters. The molecule has 0 saturated heterocycles. The lowest BCUT2D eigenvalue weighted by atomic mass is 9.89. The van der Waals surface area contributed by atoms with E-state index in [-0.39, 0.29) is 23.5 Å². The molecule has 3 rings (SSSR count). The highest BCUT2D eigenvalue weighted by atomic mass is 32.2. The summed E-state index contributed by atoms with van der Waals surface area (Å²) >= 11 is 0. The molecule has 0 spiro atoms. The van der Waals surface area contributed by atoms with Crippen molar-refractivity contribution in [2.24, 2.45) is 11.8 Å². The van der Waals surface area contributed by atoms with Crippen LogP contribution in [0.25, 0.3) is 0 Å². The van der Waals surface area contributed by atoms with Gasteiger partial charge in [-0.2, -0.15) is 0 Å². The molecule has 1 aliphatic rings. The van der Waals surface area contributed by atoms with Crippen molar-refractivity contribution >= 4 is 22.0 Å². The molecule has 1 N–H and O–H groups in total. The van der Waals surface area contributed by atoms with Crippen molar-refractivity contribution in [1.29, 1.82) is 5.41 Å². The topological polar surface area (TPSA) is 105 Å². The monoisotopic (exact) mass is 504 g/mol. The van der Waals surface area contributed by atoms with E-state index in [4.69, 9.17) is 14.9 Å². The minimum absolute atomic E-state index is 0.0517. The van der Waals surface area contributed by atoms with Crippen molar-refractivity contribution in [3.05, 3.63) is 59.8 Å². The SMILES string of the molecule is COC(C)c1cnc(N2C=CC(C[C@@H](CC=N)COCc3ccc(S(C)(=O)=O)c(F)c3)CC2)nc1. The van der Waals surface area contributed by atoms with E-state index in [9.17, 15) is 12.8 Å². The lowest BCUT2D eigenvalue weighted by Gasteiger charge is -2.28. The van der Waals surface area contributed by atoms with Gasteiger partial charge < -0.3 is 19.8 Å². The van der Waals surface area contributed by atoms with Gasteiger partial charge in [0.2, 0.25) is 5.95 Å². The Morgan fingerprint density at radius 3 is 2.63 bits per heavy atom. The Balaban J connectivity index is 1.51. The molecule has 2 heterocycles. The summed E-state index contributed by atoms with van der Waals surface area (Å²) in [6.07, 6.45) is 12.4. The van der Waals surface area contributed by atoms with Crippen LogP contribution in [0.15, 0.2) is 47.8 Å². The fraction of sp³-hybridized carbons (Fsp3) is 0.480. The number of methoxy groups -OCH3 is 1. The average molecular weight is 505 g/mol. The van der Waals surface area contributed by atoms with Crippen LogP contribution in [0.5, 0.6) is 0 Å². The molecule has 2 unspecified atom stereocenters. The van der Waals surface area contributed by atoms with Crippen molar-refractivity contribution in [3.63, 3.8) is 0 Å². The molecule has 0 saturated carbocycles. The van der Waals surface area contributed by atoms with Crippen molar-refractivity contribution < 1.29 is 22.3 Å². The highest BCUT2D eigenvalue weighted by molar-refractivity contribution is 7.90. The summed E-state index contributed by atoms with van der Waals surface area (Å²) in [6.45, 7) is 3.36. The second-order valence-corrected chi connectivity index (χ2v) is 10.9. The molecule has 10 heteroatoms. The third-order valence-corrected chi connectivity index (χ3v) is 7.25. The Labute approximate surface area is 206 Å². The van der Waals surface area contributed by atoms with Gasteiger partial charge in [-0.25, -0.2) is 22.8 Å². The van der Waals surface area contributed by atoms with E-state index < -0.39 is 15.7 Å². The van der Waals surface area contributed by atoms with Gasteiger partial charge in [0.1, 0.15) is 10.7 Å². The van der Waals surface area contributed by atoms with Crippen molar-refractivity contribution in [3.8, 4) is 0 Å². The molecule has 0 radical (unpaired) electrons. The van der Waals surface area contributed by atoms with Crippen LogP contribution >= 0.6 is 0 Å². The van der Waals surface area contributed by atoms with Crippen molar-refractivity contribution in [1.82, 2.24) is 9.97 Å². The number of rotatable bonds is 12. The van der Waals surface area contributed by atoms with Gasteiger partial charge in [-0.15, -0.1) is 0 Å². The number of ether oxygens (including phenoxy) is 2.